The van der Waals surface area contributed by atoms with Gasteiger partial charge >= 0.3 is 0 Å². The molecular weight excluding hydrogens is 953 g/mol. The van der Waals surface area contributed by atoms with Crippen molar-refractivity contribution >= 4 is 49.6 Å². The number of anilines is 3. The van der Waals surface area contributed by atoms with Crippen molar-refractivity contribution < 1.29 is 0 Å². The second-order valence-corrected chi connectivity index (χ2v) is 20.8. The Morgan fingerprint density at radius 2 is 0.785 bits per heavy atom. The monoisotopic (exact) mass is 1000 g/mol. The first-order chi connectivity index (χ1) is 39.2. The summed E-state index contributed by atoms with van der Waals surface area (Å²) in [7, 11) is 0. The summed E-state index contributed by atoms with van der Waals surface area (Å²) < 4.78 is 2.45. The first-order valence-corrected chi connectivity index (χ1v) is 27.3. The SMILES string of the molecule is c1ccc(-c2cc(-c3ccccc3)cc(-n3c4ccccc4c4cc(-c5ccccc5-c5ccccc5N(c5ccc6c(c5)C(c5ccccc5)(c5ccccc5)c5ccccc5-6)c5ccc6ccccc6c5)ccc43)c2)cc1. The van der Waals surface area contributed by atoms with Gasteiger partial charge in [0.25, 0.3) is 0 Å². The van der Waals surface area contributed by atoms with Gasteiger partial charge in [-0.15, -0.1) is 0 Å². The summed E-state index contributed by atoms with van der Waals surface area (Å²) in [4.78, 5) is 2.49. The van der Waals surface area contributed by atoms with Crippen molar-refractivity contribution in [2.24, 2.45) is 0 Å². The predicted octanol–water partition coefficient (Wildman–Crippen LogP) is 20.4. The summed E-state index contributed by atoms with van der Waals surface area (Å²) in [6.45, 7) is 0. The number of hydrogen-bond donors (Lipinski definition) is 0. The molecule has 0 saturated heterocycles. The Labute approximate surface area is 461 Å². The molecule has 0 N–H and O–H groups in total. The van der Waals surface area contributed by atoms with Crippen LogP contribution in [0.15, 0.2) is 315 Å². The van der Waals surface area contributed by atoms with Gasteiger partial charge in [-0.2, -0.15) is 0 Å². The molecule has 14 aromatic rings. The molecule has 1 aliphatic rings. The number of para-hydroxylation sites is 2. The third kappa shape index (κ3) is 7.64. The average Bonchev–Trinajstić information content (AvgIpc) is 4.26. The molecule has 370 valence electrons. The van der Waals surface area contributed by atoms with Crippen molar-refractivity contribution in [3.63, 3.8) is 0 Å². The highest BCUT2D eigenvalue weighted by molar-refractivity contribution is 6.11. The van der Waals surface area contributed by atoms with Crippen molar-refractivity contribution in [3.05, 3.63) is 338 Å². The smallest absolute Gasteiger partial charge is 0.0714 e. The Bertz CT molecular complexity index is 4500. The summed E-state index contributed by atoms with van der Waals surface area (Å²) in [6.07, 6.45) is 0. The predicted molar refractivity (Wildman–Crippen MR) is 332 cm³/mol. The highest BCUT2D eigenvalue weighted by atomic mass is 15.1. The lowest BCUT2D eigenvalue weighted by atomic mass is 9.67. The summed E-state index contributed by atoms with van der Waals surface area (Å²) in [5.74, 6) is 0. The Hall–Kier alpha value is -10.3. The Kier molecular flexibility index (Phi) is 11.1. The molecule has 0 fully saturated rings. The maximum Gasteiger partial charge on any atom is 0.0714 e. The van der Waals surface area contributed by atoms with Gasteiger partial charge in [0.15, 0.2) is 0 Å². The number of benzene rings is 13. The van der Waals surface area contributed by atoms with Crippen LogP contribution < -0.4 is 4.90 Å². The molecule has 0 saturated carbocycles. The minimum Gasteiger partial charge on any atom is -0.310 e. The first kappa shape index (κ1) is 46.1. The second-order valence-electron chi connectivity index (χ2n) is 20.8. The van der Waals surface area contributed by atoms with Gasteiger partial charge in [0.2, 0.25) is 0 Å². The molecule has 0 aliphatic heterocycles. The molecule has 0 radical (unpaired) electrons. The minimum atomic E-state index is -0.553. The molecule has 13 aromatic carbocycles. The van der Waals surface area contributed by atoms with Crippen molar-refractivity contribution in [2.45, 2.75) is 5.41 Å². The second kappa shape index (κ2) is 19.1. The van der Waals surface area contributed by atoms with E-state index in [1.165, 1.54) is 88.3 Å². The average molecular weight is 1010 g/mol. The van der Waals surface area contributed by atoms with E-state index in [0.29, 0.717) is 0 Å². The zero-order valence-corrected chi connectivity index (χ0v) is 43.4. The fourth-order valence-corrected chi connectivity index (χ4v) is 12.9. The van der Waals surface area contributed by atoms with Gasteiger partial charge in [-0.05, 0) is 150 Å². The van der Waals surface area contributed by atoms with E-state index in [1.807, 2.05) is 0 Å². The maximum atomic E-state index is 2.49. The highest BCUT2D eigenvalue weighted by Gasteiger charge is 2.46. The van der Waals surface area contributed by atoms with Crippen LogP contribution in [0.5, 0.6) is 0 Å². The third-order valence-electron chi connectivity index (χ3n) is 16.4. The number of aromatic nitrogens is 1. The summed E-state index contributed by atoms with van der Waals surface area (Å²) in [5, 5.41) is 4.82. The van der Waals surface area contributed by atoms with Crippen LogP contribution in [-0.2, 0) is 5.41 Å². The van der Waals surface area contributed by atoms with Crippen molar-refractivity contribution in [3.8, 4) is 61.3 Å². The van der Waals surface area contributed by atoms with Crippen molar-refractivity contribution in [1.82, 2.24) is 4.57 Å². The molecule has 0 bridgehead atoms. The van der Waals surface area contributed by atoms with Crippen LogP contribution in [0.2, 0.25) is 0 Å². The van der Waals surface area contributed by atoms with E-state index < -0.39 is 5.41 Å². The van der Waals surface area contributed by atoms with Gasteiger partial charge in [0, 0.05) is 33.4 Å². The molecule has 2 heteroatoms. The van der Waals surface area contributed by atoms with Crippen LogP contribution >= 0.6 is 0 Å². The van der Waals surface area contributed by atoms with E-state index in [0.717, 1.165) is 45.0 Å². The number of rotatable bonds is 10. The molecular formula is C77H52N2. The topological polar surface area (TPSA) is 8.17 Å². The fraction of sp³-hybridized carbons (Fsp3) is 0.0130. The largest absolute Gasteiger partial charge is 0.310 e. The minimum absolute atomic E-state index is 0.553. The van der Waals surface area contributed by atoms with Gasteiger partial charge in [0.05, 0.1) is 22.1 Å². The quantitative estimate of drug-likeness (QED) is 0.133. The normalized spacial score (nSPS) is 12.4. The first-order valence-electron chi connectivity index (χ1n) is 27.3. The van der Waals surface area contributed by atoms with Gasteiger partial charge < -0.3 is 9.47 Å². The Morgan fingerprint density at radius 3 is 1.49 bits per heavy atom. The van der Waals surface area contributed by atoms with Crippen molar-refractivity contribution in [1.29, 1.82) is 0 Å². The molecule has 15 rings (SSSR count). The van der Waals surface area contributed by atoms with Gasteiger partial charge in [-0.1, -0.05) is 249 Å². The molecule has 79 heavy (non-hydrogen) atoms. The molecule has 0 unspecified atom stereocenters. The van der Waals surface area contributed by atoms with E-state index in [9.17, 15) is 0 Å². The van der Waals surface area contributed by atoms with Crippen LogP contribution in [0.4, 0.5) is 17.1 Å². The Morgan fingerprint density at radius 1 is 0.266 bits per heavy atom. The lowest BCUT2D eigenvalue weighted by molar-refractivity contribution is 0.768. The van der Waals surface area contributed by atoms with E-state index in [4.69, 9.17) is 0 Å². The standard InChI is InChI=1S/C77H52N2/c1-5-23-53(24-6-1)58-47-59(54-25-7-2-8-26-54)50-64(49-58)79-75-40-22-19-37-70(75)71-51-57(42-46-76(71)79)65-33-15-16-34-66(65)69-36-18-21-39-74(69)78(62-43-41-55-27-13-14-28-56(55)48-62)63-44-45-68-67-35-17-20-38-72(67)77(73(68)52-63,60-29-9-3-10-30-60)61-31-11-4-12-32-61/h1-52H. The molecule has 1 aromatic heterocycles. The van der Waals surface area contributed by atoms with E-state index >= 15 is 0 Å². The molecule has 1 heterocycles. The Balaban J connectivity index is 0.919. The van der Waals surface area contributed by atoms with Crippen LogP contribution in [0.3, 0.4) is 0 Å². The summed E-state index contributed by atoms with van der Waals surface area (Å²) >= 11 is 0. The summed E-state index contributed by atoms with van der Waals surface area (Å²) in [6, 6.07) is 116. The highest BCUT2D eigenvalue weighted by Crippen LogP contribution is 2.58. The van der Waals surface area contributed by atoms with E-state index in [2.05, 4.69) is 325 Å². The molecule has 2 nitrogen and oxygen atoms in total. The van der Waals surface area contributed by atoms with E-state index in [-0.39, 0.29) is 0 Å². The van der Waals surface area contributed by atoms with Gasteiger partial charge in [0.1, 0.15) is 0 Å². The number of fused-ring (bicyclic) bond motifs is 7. The zero-order chi connectivity index (χ0) is 52.3. The number of nitrogens with zero attached hydrogens (tertiary/aromatic N) is 2. The van der Waals surface area contributed by atoms with E-state index in [1.54, 1.807) is 0 Å². The molecule has 0 spiro atoms. The van der Waals surface area contributed by atoms with Crippen LogP contribution in [0.1, 0.15) is 22.3 Å². The fourth-order valence-electron chi connectivity index (χ4n) is 12.9. The third-order valence-corrected chi connectivity index (χ3v) is 16.4. The van der Waals surface area contributed by atoms with Crippen LogP contribution in [0.25, 0.3) is 93.9 Å². The zero-order valence-electron chi connectivity index (χ0n) is 43.4. The maximum absolute atomic E-state index is 2.49. The lowest BCUT2D eigenvalue weighted by Crippen LogP contribution is -2.28. The molecule has 0 amide bonds. The van der Waals surface area contributed by atoms with Gasteiger partial charge in [-0.3, -0.25) is 0 Å². The number of hydrogen-bond acceptors (Lipinski definition) is 1. The van der Waals surface area contributed by atoms with Crippen LogP contribution in [-0.4, -0.2) is 4.57 Å². The lowest BCUT2D eigenvalue weighted by Gasteiger charge is -2.35. The van der Waals surface area contributed by atoms with Crippen LogP contribution in [0, 0.1) is 0 Å². The van der Waals surface area contributed by atoms with Crippen molar-refractivity contribution in [2.75, 3.05) is 4.90 Å². The molecule has 1 aliphatic carbocycles. The van der Waals surface area contributed by atoms with Gasteiger partial charge in [-0.25, -0.2) is 0 Å². The molecule has 0 atom stereocenters. The summed E-state index contributed by atoms with van der Waals surface area (Å²) in [5.41, 5.74) is 23.1.